The molecule has 108 valence electrons. The van der Waals surface area contributed by atoms with Crippen LogP contribution in [0.2, 0.25) is 0 Å². The van der Waals surface area contributed by atoms with Gasteiger partial charge in [0.05, 0.1) is 31.3 Å². The van der Waals surface area contributed by atoms with Crippen molar-refractivity contribution >= 4 is 0 Å². The third-order valence-corrected chi connectivity index (χ3v) is 3.46. The van der Waals surface area contributed by atoms with Gasteiger partial charge in [-0.25, -0.2) is 4.98 Å². The van der Waals surface area contributed by atoms with E-state index in [0.29, 0.717) is 6.04 Å². The van der Waals surface area contributed by atoms with Gasteiger partial charge >= 0.3 is 0 Å². The fourth-order valence-electron chi connectivity index (χ4n) is 2.32. The van der Waals surface area contributed by atoms with Crippen molar-refractivity contribution in [1.29, 1.82) is 0 Å². The summed E-state index contributed by atoms with van der Waals surface area (Å²) in [5.41, 5.74) is 1.09. The van der Waals surface area contributed by atoms with Crippen LogP contribution < -0.4 is 5.32 Å². The molecule has 0 radical (unpaired) electrons. The van der Waals surface area contributed by atoms with Crippen LogP contribution >= 0.6 is 0 Å². The first kappa shape index (κ1) is 14.5. The number of ether oxygens (including phenoxy) is 1. The molecule has 0 saturated carbocycles. The van der Waals surface area contributed by atoms with Crippen molar-refractivity contribution in [3.63, 3.8) is 0 Å². The van der Waals surface area contributed by atoms with Crippen LogP contribution in [0.1, 0.15) is 26.5 Å². The third kappa shape index (κ3) is 4.60. The summed E-state index contributed by atoms with van der Waals surface area (Å²) in [6, 6.07) is 0.491. The van der Waals surface area contributed by atoms with Crippen LogP contribution in [0.5, 0.6) is 0 Å². The smallest absolute Gasteiger partial charge is 0.0950 e. The van der Waals surface area contributed by atoms with Crippen molar-refractivity contribution in [3.05, 3.63) is 18.2 Å². The normalized spacial score (nSPS) is 21.2. The number of hydrogen-bond acceptors (Lipinski definition) is 4. The highest BCUT2D eigenvalue weighted by Crippen LogP contribution is 2.08. The minimum absolute atomic E-state index is 0.286. The summed E-state index contributed by atoms with van der Waals surface area (Å²) >= 11 is 0. The average molecular weight is 266 g/mol. The first-order chi connectivity index (χ1) is 9.17. The number of aromatic nitrogens is 2. The van der Waals surface area contributed by atoms with Gasteiger partial charge in [-0.15, -0.1) is 0 Å². The molecule has 2 heterocycles. The van der Waals surface area contributed by atoms with E-state index in [9.17, 15) is 0 Å². The Hall–Kier alpha value is -0.910. The van der Waals surface area contributed by atoms with Crippen molar-refractivity contribution in [1.82, 2.24) is 19.8 Å². The molecule has 0 aromatic carbocycles. The van der Waals surface area contributed by atoms with E-state index >= 15 is 0 Å². The maximum absolute atomic E-state index is 5.82. The van der Waals surface area contributed by atoms with E-state index in [-0.39, 0.29) is 6.10 Å². The lowest BCUT2D eigenvalue weighted by atomic mass is 10.2. The number of imidazole rings is 1. The number of nitrogens with zero attached hydrogens (tertiary/aromatic N) is 3. The molecule has 0 spiro atoms. The van der Waals surface area contributed by atoms with Crippen LogP contribution in [0.15, 0.2) is 12.5 Å². The second-order valence-corrected chi connectivity index (χ2v) is 5.48. The molecule has 0 bridgehead atoms. The quantitative estimate of drug-likeness (QED) is 0.837. The van der Waals surface area contributed by atoms with E-state index in [4.69, 9.17) is 4.74 Å². The topological polar surface area (TPSA) is 42.3 Å². The minimum Gasteiger partial charge on any atom is -0.374 e. The van der Waals surface area contributed by atoms with E-state index in [2.05, 4.69) is 46.7 Å². The van der Waals surface area contributed by atoms with Gasteiger partial charge in [0.25, 0.3) is 0 Å². The van der Waals surface area contributed by atoms with Crippen LogP contribution in [0.4, 0.5) is 0 Å². The molecule has 1 unspecified atom stereocenters. The molecule has 2 rings (SSSR count). The minimum atomic E-state index is 0.286. The Labute approximate surface area is 116 Å². The van der Waals surface area contributed by atoms with Gasteiger partial charge in [0.1, 0.15) is 0 Å². The molecule has 19 heavy (non-hydrogen) atoms. The molecule has 0 amide bonds. The van der Waals surface area contributed by atoms with E-state index in [1.807, 2.05) is 6.33 Å². The predicted molar refractivity (Wildman–Crippen MR) is 76.1 cm³/mol. The predicted octanol–water partition coefficient (Wildman–Crippen LogP) is 1.10. The molecular formula is C14H26N4O. The summed E-state index contributed by atoms with van der Waals surface area (Å²) < 4.78 is 7.96. The summed E-state index contributed by atoms with van der Waals surface area (Å²) in [6.07, 6.45) is 4.31. The Bertz CT molecular complexity index is 377. The van der Waals surface area contributed by atoms with Crippen molar-refractivity contribution in [2.45, 2.75) is 46.0 Å². The molecule has 1 atom stereocenters. The van der Waals surface area contributed by atoms with Crippen LogP contribution in [-0.4, -0.2) is 52.8 Å². The van der Waals surface area contributed by atoms with E-state index in [0.717, 1.165) is 45.0 Å². The first-order valence-electron chi connectivity index (χ1n) is 7.25. The van der Waals surface area contributed by atoms with Gasteiger partial charge in [-0.1, -0.05) is 20.8 Å². The summed E-state index contributed by atoms with van der Waals surface area (Å²) in [6.45, 7) is 12.2. The molecule has 1 aromatic heterocycles. The van der Waals surface area contributed by atoms with Gasteiger partial charge in [-0.05, 0) is 6.54 Å². The molecule has 5 nitrogen and oxygen atoms in total. The highest BCUT2D eigenvalue weighted by Gasteiger charge is 2.19. The van der Waals surface area contributed by atoms with Gasteiger partial charge in [-0.2, -0.15) is 0 Å². The zero-order valence-corrected chi connectivity index (χ0v) is 12.3. The van der Waals surface area contributed by atoms with Gasteiger partial charge in [0.2, 0.25) is 0 Å². The lowest BCUT2D eigenvalue weighted by Gasteiger charge is -2.32. The highest BCUT2D eigenvalue weighted by molar-refractivity contribution is 4.97. The fourth-order valence-corrected chi connectivity index (χ4v) is 2.32. The molecule has 0 aliphatic carbocycles. The van der Waals surface area contributed by atoms with Crippen LogP contribution in [0.25, 0.3) is 0 Å². The number of hydrogen-bond donors (Lipinski definition) is 1. The molecule has 1 N–H and O–H groups in total. The maximum Gasteiger partial charge on any atom is 0.0950 e. The van der Waals surface area contributed by atoms with E-state index in [1.54, 1.807) is 0 Å². The fraction of sp³-hybridized carbons (Fsp3) is 0.786. The average Bonchev–Trinajstić information content (AvgIpc) is 2.84. The van der Waals surface area contributed by atoms with Crippen LogP contribution in [0, 0.1) is 0 Å². The van der Waals surface area contributed by atoms with Crippen LogP contribution in [-0.2, 0) is 17.8 Å². The molecule has 1 aliphatic heterocycles. The molecular weight excluding hydrogens is 240 g/mol. The van der Waals surface area contributed by atoms with E-state index < -0.39 is 0 Å². The molecule has 1 saturated heterocycles. The zero-order valence-electron chi connectivity index (χ0n) is 12.3. The van der Waals surface area contributed by atoms with Gasteiger partial charge in [-0.3, -0.25) is 4.90 Å². The second-order valence-electron chi connectivity index (χ2n) is 5.48. The molecule has 1 aromatic rings. The monoisotopic (exact) mass is 266 g/mol. The Morgan fingerprint density at radius 1 is 1.53 bits per heavy atom. The Kier molecular flexibility index (Phi) is 5.36. The largest absolute Gasteiger partial charge is 0.374 e. The van der Waals surface area contributed by atoms with Crippen molar-refractivity contribution in [2.24, 2.45) is 0 Å². The highest BCUT2D eigenvalue weighted by atomic mass is 16.5. The number of rotatable bonds is 6. The SMILES string of the molecule is CCN1CCOC(Cn2cnc(CNC(C)C)c2)C1. The van der Waals surface area contributed by atoms with Crippen LogP contribution in [0.3, 0.4) is 0 Å². The number of morpholine rings is 1. The van der Waals surface area contributed by atoms with E-state index in [1.165, 1.54) is 0 Å². The van der Waals surface area contributed by atoms with Crippen molar-refractivity contribution < 1.29 is 4.74 Å². The maximum atomic E-state index is 5.82. The zero-order chi connectivity index (χ0) is 13.7. The molecule has 5 heteroatoms. The number of nitrogens with one attached hydrogen (secondary N) is 1. The Morgan fingerprint density at radius 2 is 2.37 bits per heavy atom. The summed E-state index contributed by atoms with van der Waals surface area (Å²) in [4.78, 5) is 6.86. The summed E-state index contributed by atoms with van der Waals surface area (Å²) in [5, 5.41) is 3.38. The molecule has 1 aliphatic rings. The van der Waals surface area contributed by atoms with Gasteiger partial charge in [0, 0.05) is 31.9 Å². The van der Waals surface area contributed by atoms with Crippen molar-refractivity contribution in [2.75, 3.05) is 26.2 Å². The summed E-state index contributed by atoms with van der Waals surface area (Å²) in [5.74, 6) is 0. The lowest BCUT2D eigenvalue weighted by molar-refractivity contribution is -0.0343. The third-order valence-electron chi connectivity index (χ3n) is 3.46. The number of likely N-dealkylation sites (N-methyl/N-ethyl adjacent to an activating group) is 1. The summed E-state index contributed by atoms with van der Waals surface area (Å²) in [7, 11) is 0. The lowest BCUT2D eigenvalue weighted by Crippen LogP contribution is -2.43. The Balaban J connectivity index is 1.82. The van der Waals surface area contributed by atoms with Gasteiger partial charge < -0.3 is 14.6 Å². The van der Waals surface area contributed by atoms with Gasteiger partial charge in [0.15, 0.2) is 0 Å². The Morgan fingerprint density at radius 3 is 3.11 bits per heavy atom. The first-order valence-corrected chi connectivity index (χ1v) is 7.25. The standard InChI is InChI=1S/C14H26N4O/c1-4-17-5-6-19-14(9-17)10-18-8-13(16-11-18)7-15-12(2)3/h8,11-12,14-15H,4-7,9-10H2,1-3H3. The molecule has 1 fully saturated rings. The van der Waals surface area contributed by atoms with Crippen molar-refractivity contribution in [3.8, 4) is 0 Å². The second kappa shape index (κ2) is 7.03.